The molecule has 1 aromatic heterocycles. The van der Waals surface area contributed by atoms with Crippen LogP contribution in [-0.2, 0) is 6.54 Å². The van der Waals surface area contributed by atoms with Gasteiger partial charge in [-0.25, -0.2) is 9.37 Å². The van der Waals surface area contributed by atoms with Gasteiger partial charge in [-0.05, 0) is 43.7 Å². The lowest BCUT2D eigenvalue weighted by atomic mass is 10.2. The third-order valence-corrected chi connectivity index (χ3v) is 2.77. The summed E-state index contributed by atoms with van der Waals surface area (Å²) in [7, 11) is 0. The molecule has 2 aromatic rings. The predicted molar refractivity (Wildman–Crippen MR) is 75.2 cm³/mol. The first-order valence-corrected chi connectivity index (χ1v) is 6.64. The van der Waals surface area contributed by atoms with Crippen LogP contribution < -0.4 is 10.1 Å². The highest BCUT2D eigenvalue weighted by molar-refractivity contribution is 5.31. The zero-order valence-corrected chi connectivity index (χ0v) is 11.7. The molecule has 2 rings (SSSR count). The van der Waals surface area contributed by atoms with Gasteiger partial charge in [0.05, 0.1) is 18.1 Å². The molecule has 1 heterocycles. The molecule has 0 aliphatic heterocycles. The van der Waals surface area contributed by atoms with E-state index in [1.54, 1.807) is 31.5 Å². The number of nitrogens with zero attached hydrogens (tertiary/aromatic N) is 2. The average molecular weight is 275 g/mol. The number of benzene rings is 1. The van der Waals surface area contributed by atoms with Crippen molar-refractivity contribution in [3.05, 3.63) is 47.7 Å². The molecular formula is C15H18FN3O. The van der Waals surface area contributed by atoms with Crippen LogP contribution in [0.3, 0.4) is 0 Å². The zero-order valence-electron chi connectivity index (χ0n) is 11.7. The van der Waals surface area contributed by atoms with Crippen LogP contribution in [0.2, 0.25) is 0 Å². The molecule has 0 aliphatic rings. The van der Waals surface area contributed by atoms with Crippen molar-refractivity contribution in [2.24, 2.45) is 0 Å². The molecule has 0 radical (unpaired) electrons. The normalized spacial score (nSPS) is 10.6. The molecule has 0 unspecified atom stereocenters. The highest BCUT2D eigenvalue weighted by atomic mass is 19.1. The van der Waals surface area contributed by atoms with Gasteiger partial charge in [-0.3, -0.25) is 4.98 Å². The molecule has 0 fully saturated rings. The van der Waals surface area contributed by atoms with Gasteiger partial charge in [0.1, 0.15) is 11.6 Å². The largest absolute Gasteiger partial charge is 0.437 e. The number of aryl methyl sites for hydroxylation is 1. The second-order valence-electron chi connectivity index (χ2n) is 4.54. The van der Waals surface area contributed by atoms with E-state index in [9.17, 15) is 4.39 Å². The van der Waals surface area contributed by atoms with Crippen LogP contribution >= 0.6 is 0 Å². The fraction of sp³-hybridized carbons (Fsp3) is 0.333. The maximum absolute atomic E-state index is 13.1. The minimum absolute atomic E-state index is 0.249. The van der Waals surface area contributed by atoms with Crippen LogP contribution in [0.25, 0.3) is 0 Å². The Kier molecular flexibility index (Phi) is 5.01. The summed E-state index contributed by atoms with van der Waals surface area (Å²) >= 11 is 0. The summed E-state index contributed by atoms with van der Waals surface area (Å²) in [6.45, 7) is 5.45. The Balaban J connectivity index is 1.97. The fourth-order valence-corrected chi connectivity index (χ4v) is 1.68. The highest BCUT2D eigenvalue weighted by Gasteiger charge is 2.03. The van der Waals surface area contributed by atoms with Crippen molar-refractivity contribution in [1.82, 2.24) is 15.3 Å². The molecule has 0 spiro atoms. The predicted octanol–water partition coefficient (Wildman–Crippen LogP) is 3.22. The Labute approximate surface area is 118 Å². The summed E-state index contributed by atoms with van der Waals surface area (Å²) in [6, 6.07) is 4.58. The zero-order chi connectivity index (χ0) is 14.4. The van der Waals surface area contributed by atoms with Gasteiger partial charge in [0.2, 0.25) is 5.88 Å². The SMILES string of the molecule is CCCNCc1cnc(Oc2ccc(F)c(C)c2)cn1. The smallest absolute Gasteiger partial charge is 0.237 e. The molecule has 0 saturated heterocycles. The number of aromatic nitrogens is 2. The van der Waals surface area contributed by atoms with Gasteiger partial charge in [-0.2, -0.15) is 0 Å². The van der Waals surface area contributed by atoms with E-state index in [1.807, 2.05) is 0 Å². The van der Waals surface area contributed by atoms with Crippen LogP contribution in [0.4, 0.5) is 4.39 Å². The number of nitrogens with one attached hydrogen (secondary N) is 1. The lowest BCUT2D eigenvalue weighted by molar-refractivity contribution is 0.456. The Bertz CT molecular complexity index is 558. The number of hydrogen-bond acceptors (Lipinski definition) is 4. The molecule has 20 heavy (non-hydrogen) atoms. The molecule has 1 aromatic carbocycles. The van der Waals surface area contributed by atoms with Crippen LogP contribution in [0.15, 0.2) is 30.6 Å². The summed E-state index contributed by atoms with van der Waals surface area (Å²) in [4.78, 5) is 8.45. The van der Waals surface area contributed by atoms with E-state index in [-0.39, 0.29) is 5.82 Å². The van der Waals surface area contributed by atoms with Gasteiger partial charge in [0.25, 0.3) is 0 Å². The summed E-state index contributed by atoms with van der Waals surface area (Å²) in [5.41, 5.74) is 1.40. The summed E-state index contributed by atoms with van der Waals surface area (Å²) in [6.07, 6.45) is 4.33. The third-order valence-electron chi connectivity index (χ3n) is 2.77. The summed E-state index contributed by atoms with van der Waals surface area (Å²) in [5, 5.41) is 3.25. The first kappa shape index (κ1) is 14.4. The lowest BCUT2D eigenvalue weighted by Gasteiger charge is -2.07. The van der Waals surface area contributed by atoms with Crippen molar-refractivity contribution in [3.8, 4) is 11.6 Å². The number of hydrogen-bond donors (Lipinski definition) is 1. The molecule has 0 bridgehead atoms. The van der Waals surface area contributed by atoms with Gasteiger partial charge in [0, 0.05) is 6.54 Å². The van der Waals surface area contributed by atoms with Crippen molar-refractivity contribution in [3.63, 3.8) is 0 Å². The van der Waals surface area contributed by atoms with Crippen molar-refractivity contribution in [2.45, 2.75) is 26.8 Å². The van der Waals surface area contributed by atoms with Gasteiger partial charge in [-0.15, -0.1) is 0 Å². The lowest BCUT2D eigenvalue weighted by Crippen LogP contribution is -2.14. The standard InChI is InChI=1S/C15H18FN3O/c1-3-6-17-8-12-9-19-15(10-18-12)20-13-4-5-14(16)11(2)7-13/h4-5,7,9-10,17H,3,6,8H2,1-2H3. The first-order valence-electron chi connectivity index (χ1n) is 6.64. The van der Waals surface area contributed by atoms with E-state index in [0.29, 0.717) is 23.7 Å². The molecule has 1 N–H and O–H groups in total. The maximum atomic E-state index is 13.1. The Morgan fingerprint density at radius 3 is 2.75 bits per heavy atom. The fourth-order valence-electron chi connectivity index (χ4n) is 1.68. The van der Waals surface area contributed by atoms with E-state index >= 15 is 0 Å². The Hall–Kier alpha value is -2.01. The molecule has 0 saturated carbocycles. The quantitative estimate of drug-likeness (QED) is 0.822. The molecular weight excluding hydrogens is 257 g/mol. The van der Waals surface area contributed by atoms with E-state index in [0.717, 1.165) is 18.7 Å². The van der Waals surface area contributed by atoms with Crippen LogP contribution in [0.1, 0.15) is 24.6 Å². The third kappa shape index (κ3) is 3.99. The van der Waals surface area contributed by atoms with Gasteiger partial charge in [-0.1, -0.05) is 6.92 Å². The van der Waals surface area contributed by atoms with Crippen molar-refractivity contribution < 1.29 is 9.13 Å². The topological polar surface area (TPSA) is 47.0 Å². The van der Waals surface area contributed by atoms with Crippen LogP contribution in [0, 0.1) is 12.7 Å². The van der Waals surface area contributed by atoms with Crippen LogP contribution in [0.5, 0.6) is 11.6 Å². The average Bonchev–Trinajstić information content (AvgIpc) is 2.45. The monoisotopic (exact) mass is 275 g/mol. The van der Waals surface area contributed by atoms with E-state index in [4.69, 9.17) is 4.74 Å². The molecule has 4 nitrogen and oxygen atoms in total. The van der Waals surface area contributed by atoms with E-state index < -0.39 is 0 Å². The van der Waals surface area contributed by atoms with Crippen molar-refractivity contribution >= 4 is 0 Å². The van der Waals surface area contributed by atoms with E-state index in [1.165, 1.54) is 6.07 Å². The Morgan fingerprint density at radius 1 is 1.25 bits per heavy atom. The van der Waals surface area contributed by atoms with Crippen molar-refractivity contribution in [1.29, 1.82) is 0 Å². The molecule has 0 amide bonds. The van der Waals surface area contributed by atoms with Gasteiger partial charge in [0.15, 0.2) is 0 Å². The van der Waals surface area contributed by atoms with E-state index in [2.05, 4.69) is 22.2 Å². The first-order chi connectivity index (χ1) is 9.69. The van der Waals surface area contributed by atoms with Crippen LogP contribution in [-0.4, -0.2) is 16.5 Å². The second kappa shape index (κ2) is 6.96. The highest BCUT2D eigenvalue weighted by Crippen LogP contribution is 2.21. The minimum atomic E-state index is -0.249. The summed E-state index contributed by atoms with van der Waals surface area (Å²) < 4.78 is 18.7. The molecule has 106 valence electrons. The molecule has 5 heteroatoms. The number of halogens is 1. The molecule has 0 atom stereocenters. The van der Waals surface area contributed by atoms with Gasteiger partial charge >= 0.3 is 0 Å². The minimum Gasteiger partial charge on any atom is -0.437 e. The maximum Gasteiger partial charge on any atom is 0.237 e. The van der Waals surface area contributed by atoms with Gasteiger partial charge < -0.3 is 10.1 Å². The number of rotatable bonds is 6. The molecule has 0 aliphatic carbocycles. The van der Waals surface area contributed by atoms with Crippen molar-refractivity contribution in [2.75, 3.05) is 6.54 Å². The summed E-state index contributed by atoms with van der Waals surface area (Å²) in [5.74, 6) is 0.700. The second-order valence-corrected chi connectivity index (χ2v) is 4.54. The number of ether oxygens (including phenoxy) is 1. The Morgan fingerprint density at radius 2 is 2.10 bits per heavy atom.